The first kappa shape index (κ1) is 14.2. The molecule has 102 valence electrons. The van der Waals surface area contributed by atoms with E-state index < -0.39 is 0 Å². The highest BCUT2D eigenvalue weighted by molar-refractivity contribution is 7.99. The van der Waals surface area contributed by atoms with Crippen molar-refractivity contribution < 1.29 is 0 Å². The molecule has 0 amide bonds. The van der Waals surface area contributed by atoms with Crippen LogP contribution < -0.4 is 11.4 Å². The van der Waals surface area contributed by atoms with Crippen molar-refractivity contribution in [2.45, 2.75) is 36.5 Å². The Morgan fingerprint density at radius 1 is 1.53 bits per heavy atom. The molecule has 0 saturated carbocycles. The van der Waals surface area contributed by atoms with Crippen molar-refractivity contribution in [1.29, 1.82) is 0 Å². The Balaban J connectivity index is 2.36. The fourth-order valence-electron chi connectivity index (χ4n) is 1.73. The third-order valence-corrected chi connectivity index (χ3v) is 4.10. The van der Waals surface area contributed by atoms with Crippen LogP contribution in [0.3, 0.4) is 0 Å². The number of nitrogens with two attached hydrogens (primary N) is 1. The monoisotopic (exact) mass is 298 g/mol. The second kappa shape index (κ2) is 6.27. The molecule has 2 rings (SSSR count). The van der Waals surface area contributed by atoms with Crippen molar-refractivity contribution in [1.82, 2.24) is 14.8 Å². The summed E-state index contributed by atoms with van der Waals surface area (Å²) in [7, 11) is 0. The minimum Gasteiger partial charge on any atom is -0.326 e. The molecule has 3 N–H and O–H groups in total. The van der Waals surface area contributed by atoms with Gasteiger partial charge < -0.3 is 5.73 Å². The molecule has 0 bridgehead atoms. The van der Waals surface area contributed by atoms with Crippen molar-refractivity contribution in [2.24, 2.45) is 5.73 Å². The summed E-state index contributed by atoms with van der Waals surface area (Å²) in [6.45, 7) is 3.00. The Hall–Kier alpha value is -1.24. The lowest BCUT2D eigenvalue weighted by molar-refractivity contribution is 0.604. The van der Waals surface area contributed by atoms with Crippen LogP contribution in [0.15, 0.2) is 33.0 Å². The van der Waals surface area contributed by atoms with Crippen LogP contribution in [-0.4, -0.2) is 14.8 Å². The molecule has 0 atom stereocenters. The molecule has 1 aromatic heterocycles. The maximum absolute atomic E-state index is 11.6. The molecular formula is C12H15ClN4OS. The molecule has 2 aromatic rings. The number of H-pyrrole nitrogens is 1. The summed E-state index contributed by atoms with van der Waals surface area (Å²) in [5.41, 5.74) is 6.39. The molecule has 5 nitrogen and oxygen atoms in total. The summed E-state index contributed by atoms with van der Waals surface area (Å²) in [6.07, 6.45) is 0.867. The quantitative estimate of drug-likeness (QED) is 0.887. The molecule has 1 heterocycles. The molecule has 0 saturated heterocycles. The number of nitrogens with one attached hydrogen (secondary N) is 1. The van der Waals surface area contributed by atoms with Gasteiger partial charge >= 0.3 is 5.69 Å². The lowest BCUT2D eigenvalue weighted by atomic mass is 10.2. The van der Waals surface area contributed by atoms with Crippen LogP contribution in [0.25, 0.3) is 0 Å². The van der Waals surface area contributed by atoms with Gasteiger partial charge in [-0.05, 0) is 35.9 Å². The number of aromatic nitrogens is 3. The van der Waals surface area contributed by atoms with E-state index in [1.807, 2.05) is 19.1 Å². The second-order valence-electron chi connectivity index (χ2n) is 3.99. The average Bonchev–Trinajstić information content (AvgIpc) is 2.72. The number of rotatable bonds is 5. The Labute approximate surface area is 120 Å². The predicted octanol–water partition coefficient (Wildman–Crippen LogP) is 2.24. The van der Waals surface area contributed by atoms with Gasteiger partial charge in [0.15, 0.2) is 5.16 Å². The molecule has 0 unspecified atom stereocenters. The minimum atomic E-state index is -0.194. The van der Waals surface area contributed by atoms with E-state index in [0.29, 0.717) is 23.3 Å². The highest BCUT2D eigenvalue weighted by Crippen LogP contribution is 2.32. The van der Waals surface area contributed by atoms with E-state index in [1.54, 1.807) is 10.6 Å². The number of benzene rings is 1. The highest BCUT2D eigenvalue weighted by atomic mass is 35.5. The van der Waals surface area contributed by atoms with E-state index >= 15 is 0 Å². The van der Waals surface area contributed by atoms with Gasteiger partial charge in [0.25, 0.3) is 0 Å². The molecular weight excluding hydrogens is 284 g/mol. The fraction of sp³-hybridized carbons (Fsp3) is 0.333. The SMILES string of the molecule is CCCn1c(Sc2cccc(Cl)c2CN)n[nH]c1=O. The summed E-state index contributed by atoms with van der Waals surface area (Å²) >= 11 is 7.51. The Kier molecular flexibility index (Phi) is 4.68. The van der Waals surface area contributed by atoms with Crippen LogP contribution in [0.2, 0.25) is 5.02 Å². The number of nitrogens with zero attached hydrogens (tertiary/aromatic N) is 2. The smallest absolute Gasteiger partial charge is 0.326 e. The summed E-state index contributed by atoms with van der Waals surface area (Å²) in [5, 5.41) is 7.77. The zero-order chi connectivity index (χ0) is 13.8. The first-order valence-electron chi connectivity index (χ1n) is 5.97. The number of aromatic amines is 1. The maximum Gasteiger partial charge on any atom is 0.343 e. The summed E-state index contributed by atoms with van der Waals surface area (Å²) in [6, 6.07) is 5.59. The molecule has 7 heteroatoms. The van der Waals surface area contributed by atoms with Crippen molar-refractivity contribution in [3.8, 4) is 0 Å². The third-order valence-electron chi connectivity index (χ3n) is 2.65. The van der Waals surface area contributed by atoms with E-state index in [2.05, 4.69) is 10.2 Å². The zero-order valence-corrected chi connectivity index (χ0v) is 12.1. The second-order valence-corrected chi connectivity index (χ2v) is 5.40. The minimum absolute atomic E-state index is 0.194. The average molecular weight is 299 g/mol. The van der Waals surface area contributed by atoms with Gasteiger partial charge in [0, 0.05) is 23.0 Å². The maximum atomic E-state index is 11.6. The van der Waals surface area contributed by atoms with E-state index in [1.165, 1.54) is 11.8 Å². The van der Waals surface area contributed by atoms with E-state index in [4.69, 9.17) is 17.3 Å². The van der Waals surface area contributed by atoms with Crippen LogP contribution in [0.5, 0.6) is 0 Å². The topological polar surface area (TPSA) is 76.7 Å². The molecule has 0 spiro atoms. The largest absolute Gasteiger partial charge is 0.343 e. The molecule has 1 aromatic carbocycles. The predicted molar refractivity (Wildman–Crippen MR) is 76.6 cm³/mol. The molecule has 0 aliphatic heterocycles. The van der Waals surface area contributed by atoms with Crippen LogP contribution in [-0.2, 0) is 13.1 Å². The Morgan fingerprint density at radius 3 is 3.00 bits per heavy atom. The van der Waals surface area contributed by atoms with E-state index in [0.717, 1.165) is 16.9 Å². The summed E-state index contributed by atoms with van der Waals surface area (Å²) < 4.78 is 1.62. The van der Waals surface area contributed by atoms with Crippen LogP contribution in [0.1, 0.15) is 18.9 Å². The van der Waals surface area contributed by atoms with Gasteiger partial charge in [-0.3, -0.25) is 4.57 Å². The third kappa shape index (κ3) is 3.02. The standard InChI is InChI=1S/C12H15ClN4OS/c1-2-6-17-11(18)15-16-12(17)19-10-5-3-4-9(13)8(10)7-14/h3-5H,2,6-7,14H2,1H3,(H,15,18). The van der Waals surface area contributed by atoms with Gasteiger partial charge in [-0.1, -0.05) is 24.6 Å². The molecule has 0 aliphatic rings. The Morgan fingerprint density at radius 2 is 2.32 bits per heavy atom. The number of hydrogen-bond acceptors (Lipinski definition) is 4. The number of hydrogen-bond donors (Lipinski definition) is 2. The fourth-order valence-corrected chi connectivity index (χ4v) is 3.08. The molecule has 0 fully saturated rings. The zero-order valence-electron chi connectivity index (χ0n) is 10.5. The van der Waals surface area contributed by atoms with Gasteiger partial charge in [-0.15, -0.1) is 5.10 Å². The Bertz CT molecular complexity index is 622. The van der Waals surface area contributed by atoms with Crippen LogP contribution in [0.4, 0.5) is 0 Å². The van der Waals surface area contributed by atoms with Gasteiger partial charge in [0.1, 0.15) is 0 Å². The van der Waals surface area contributed by atoms with Gasteiger partial charge in [0.2, 0.25) is 0 Å². The summed E-state index contributed by atoms with van der Waals surface area (Å²) in [5.74, 6) is 0. The van der Waals surface area contributed by atoms with Crippen molar-refractivity contribution in [3.63, 3.8) is 0 Å². The van der Waals surface area contributed by atoms with Gasteiger partial charge in [-0.2, -0.15) is 0 Å². The van der Waals surface area contributed by atoms with Gasteiger partial charge in [-0.25, -0.2) is 9.89 Å². The van der Waals surface area contributed by atoms with Crippen LogP contribution in [0, 0.1) is 0 Å². The van der Waals surface area contributed by atoms with E-state index in [-0.39, 0.29) is 5.69 Å². The molecule has 0 aliphatic carbocycles. The van der Waals surface area contributed by atoms with Crippen molar-refractivity contribution in [2.75, 3.05) is 0 Å². The lowest BCUT2D eigenvalue weighted by Crippen LogP contribution is -2.17. The van der Waals surface area contributed by atoms with Crippen molar-refractivity contribution >= 4 is 23.4 Å². The van der Waals surface area contributed by atoms with Crippen molar-refractivity contribution in [3.05, 3.63) is 39.3 Å². The van der Waals surface area contributed by atoms with Crippen LogP contribution >= 0.6 is 23.4 Å². The number of halogens is 1. The molecule has 0 radical (unpaired) electrons. The first-order chi connectivity index (χ1) is 9.17. The highest BCUT2D eigenvalue weighted by Gasteiger charge is 2.12. The molecule has 19 heavy (non-hydrogen) atoms. The van der Waals surface area contributed by atoms with Gasteiger partial charge in [0.05, 0.1) is 0 Å². The normalized spacial score (nSPS) is 10.9. The lowest BCUT2D eigenvalue weighted by Gasteiger charge is -2.09. The first-order valence-corrected chi connectivity index (χ1v) is 7.17. The van der Waals surface area contributed by atoms with E-state index in [9.17, 15) is 4.79 Å². The summed E-state index contributed by atoms with van der Waals surface area (Å²) in [4.78, 5) is 12.5.